The van der Waals surface area contributed by atoms with Crippen LogP contribution in [0.2, 0.25) is 0 Å². The van der Waals surface area contributed by atoms with Crippen molar-refractivity contribution in [3.05, 3.63) is 223 Å². The van der Waals surface area contributed by atoms with Gasteiger partial charge in [-0.2, -0.15) is 0 Å². The van der Waals surface area contributed by atoms with Crippen molar-refractivity contribution in [1.82, 2.24) is 24.1 Å². The molecule has 12 rings (SSSR count). The minimum absolute atomic E-state index is 0.599. The topological polar surface area (TPSA) is 48.5 Å². The molecule has 0 N–H and O–H groups in total. The molecule has 0 spiro atoms. The summed E-state index contributed by atoms with van der Waals surface area (Å²) in [6.07, 6.45) is 0. The zero-order chi connectivity index (χ0) is 42.7. The Morgan fingerprint density at radius 3 is 1.53 bits per heavy atom. The van der Waals surface area contributed by atoms with Crippen LogP contribution in [0.4, 0.5) is 0 Å². The van der Waals surface area contributed by atoms with Crippen LogP contribution >= 0.6 is 0 Å². The first kappa shape index (κ1) is 37.4. The fourth-order valence-corrected chi connectivity index (χ4v) is 9.56. The Bertz CT molecular complexity index is 3680. The SMILES string of the molecule is Cc1ccc(-c2ccc3c(c2)c2ccccc2n3-c2ccc(-c3ccc4c5ccccc5n(-c5ccccc5)c4c3)cc2-c2nc(-c3ccccc3)nc(-c3ccccc3)n2)c(C)c1. The lowest BCUT2D eigenvalue weighted by atomic mass is 9.97. The van der Waals surface area contributed by atoms with E-state index < -0.39 is 0 Å². The summed E-state index contributed by atoms with van der Waals surface area (Å²) in [4.78, 5) is 15.7. The van der Waals surface area contributed by atoms with Gasteiger partial charge in [0, 0.05) is 43.9 Å². The van der Waals surface area contributed by atoms with E-state index >= 15 is 0 Å². The van der Waals surface area contributed by atoms with E-state index in [0.29, 0.717) is 17.5 Å². The Morgan fingerprint density at radius 2 is 0.844 bits per heavy atom. The Hall–Kier alpha value is -8.41. The van der Waals surface area contributed by atoms with Crippen molar-refractivity contribution in [3.8, 4) is 67.8 Å². The summed E-state index contributed by atoms with van der Waals surface area (Å²) >= 11 is 0. The third-order valence-electron chi connectivity index (χ3n) is 12.6. The number of benzene rings is 9. The summed E-state index contributed by atoms with van der Waals surface area (Å²) in [6, 6.07) is 75.6. The van der Waals surface area contributed by atoms with Gasteiger partial charge in [-0.05, 0) is 96.3 Å². The lowest BCUT2D eigenvalue weighted by Crippen LogP contribution is -2.04. The molecule has 12 aromatic rings. The van der Waals surface area contributed by atoms with Gasteiger partial charge in [0.25, 0.3) is 0 Å². The summed E-state index contributed by atoms with van der Waals surface area (Å²) in [5.41, 5.74) is 16.5. The largest absolute Gasteiger partial charge is 0.309 e. The first-order valence-corrected chi connectivity index (χ1v) is 21.8. The normalized spacial score (nSPS) is 11.6. The molecule has 5 heteroatoms. The lowest BCUT2D eigenvalue weighted by Gasteiger charge is -2.17. The van der Waals surface area contributed by atoms with Gasteiger partial charge in [-0.25, -0.2) is 15.0 Å². The third kappa shape index (κ3) is 6.28. The highest BCUT2D eigenvalue weighted by atomic mass is 15.1. The van der Waals surface area contributed by atoms with Crippen molar-refractivity contribution in [2.75, 3.05) is 0 Å². The lowest BCUT2D eigenvalue weighted by molar-refractivity contribution is 1.06. The molecule has 0 saturated carbocycles. The molecule has 0 aliphatic rings. The maximum atomic E-state index is 5.33. The van der Waals surface area contributed by atoms with Gasteiger partial charge in [0.15, 0.2) is 17.5 Å². The molecule has 302 valence electrons. The molecule has 0 radical (unpaired) electrons. The molecule has 0 aliphatic carbocycles. The van der Waals surface area contributed by atoms with Crippen molar-refractivity contribution < 1.29 is 0 Å². The van der Waals surface area contributed by atoms with Gasteiger partial charge in [-0.15, -0.1) is 0 Å². The monoisotopic (exact) mass is 819 g/mol. The molecule has 0 unspecified atom stereocenters. The Morgan fingerprint density at radius 1 is 0.312 bits per heavy atom. The van der Waals surface area contributed by atoms with Crippen LogP contribution in [0.15, 0.2) is 212 Å². The average Bonchev–Trinajstić information content (AvgIpc) is 3.86. The van der Waals surface area contributed by atoms with E-state index in [9.17, 15) is 0 Å². The molecular weight excluding hydrogens is 779 g/mol. The summed E-state index contributed by atoms with van der Waals surface area (Å²) in [7, 11) is 0. The Balaban J connectivity index is 1.13. The second-order valence-corrected chi connectivity index (χ2v) is 16.6. The maximum Gasteiger partial charge on any atom is 0.166 e. The molecule has 3 heterocycles. The van der Waals surface area contributed by atoms with E-state index in [4.69, 9.17) is 15.0 Å². The Labute approximate surface area is 371 Å². The quantitative estimate of drug-likeness (QED) is 0.161. The highest BCUT2D eigenvalue weighted by Crippen LogP contribution is 2.41. The van der Waals surface area contributed by atoms with E-state index in [2.05, 4.69) is 199 Å². The number of hydrogen-bond acceptors (Lipinski definition) is 3. The van der Waals surface area contributed by atoms with E-state index in [1.807, 2.05) is 36.4 Å². The van der Waals surface area contributed by atoms with Crippen LogP contribution in [0.3, 0.4) is 0 Å². The van der Waals surface area contributed by atoms with Crippen LogP contribution in [0.1, 0.15) is 11.1 Å². The summed E-state index contributed by atoms with van der Waals surface area (Å²) in [5.74, 6) is 1.84. The van der Waals surface area contributed by atoms with Crippen LogP contribution in [0, 0.1) is 13.8 Å². The highest BCUT2D eigenvalue weighted by Gasteiger charge is 2.22. The minimum Gasteiger partial charge on any atom is -0.309 e. The molecule has 0 atom stereocenters. The van der Waals surface area contributed by atoms with Crippen LogP contribution < -0.4 is 0 Å². The van der Waals surface area contributed by atoms with Crippen LogP contribution in [-0.4, -0.2) is 24.1 Å². The first-order chi connectivity index (χ1) is 31.6. The van der Waals surface area contributed by atoms with Gasteiger partial charge >= 0.3 is 0 Å². The van der Waals surface area contributed by atoms with E-state index in [0.717, 1.165) is 55.7 Å². The molecule has 0 fully saturated rings. The van der Waals surface area contributed by atoms with E-state index in [-0.39, 0.29) is 0 Å². The first-order valence-electron chi connectivity index (χ1n) is 21.8. The van der Waals surface area contributed by atoms with Gasteiger partial charge < -0.3 is 9.13 Å². The number of para-hydroxylation sites is 3. The number of hydrogen-bond donors (Lipinski definition) is 0. The van der Waals surface area contributed by atoms with Crippen LogP contribution in [-0.2, 0) is 0 Å². The van der Waals surface area contributed by atoms with Crippen molar-refractivity contribution in [2.45, 2.75) is 13.8 Å². The predicted octanol–water partition coefficient (Wildman–Crippen LogP) is 15.0. The number of aryl methyl sites for hydroxylation is 2. The molecule has 9 aromatic carbocycles. The fourth-order valence-electron chi connectivity index (χ4n) is 9.56. The molecule has 5 nitrogen and oxygen atoms in total. The van der Waals surface area contributed by atoms with E-state index in [1.54, 1.807) is 0 Å². The fraction of sp³-hybridized carbons (Fsp3) is 0.0339. The van der Waals surface area contributed by atoms with Gasteiger partial charge in [-0.3, -0.25) is 0 Å². The number of rotatable bonds is 7. The van der Waals surface area contributed by atoms with Gasteiger partial charge in [0.2, 0.25) is 0 Å². The number of aromatic nitrogens is 5. The predicted molar refractivity (Wildman–Crippen MR) is 265 cm³/mol. The Kier molecular flexibility index (Phi) is 8.87. The van der Waals surface area contributed by atoms with Gasteiger partial charge in [0.05, 0.1) is 27.8 Å². The maximum absolute atomic E-state index is 5.33. The molecular formula is C59H41N5. The van der Waals surface area contributed by atoms with Crippen molar-refractivity contribution >= 4 is 43.6 Å². The van der Waals surface area contributed by atoms with Gasteiger partial charge in [-0.1, -0.05) is 163 Å². The summed E-state index contributed by atoms with van der Waals surface area (Å²) < 4.78 is 4.76. The van der Waals surface area contributed by atoms with Gasteiger partial charge in [0.1, 0.15) is 0 Å². The standard InChI is InChI=1S/C59H41N5/c1-38-26-30-46(39(2)34-38)44-29-33-54-50(36-44)48-23-13-15-25-53(48)64(54)55-32-28-42(43-27-31-49-47-22-12-14-24-52(47)63(56(49)37-43)45-20-10-5-11-21-45)35-51(55)59-61-57(40-16-6-3-7-17-40)60-58(62-59)41-18-8-4-9-19-41/h3-37H,1-2H3. The molecule has 3 aromatic heterocycles. The molecule has 0 bridgehead atoms. The molecule has 0 aliphatic heterocycles. The van der Waals surface area contributed by atoms with Crippen LogP contribution in [0.25, 0.3) is 111 Å². The second-order valence-electron chi connectivity index (χ2n) is 16.6. The van der Waals surface area contributed by atoms with Crippen LogP contribution in [0.5, 0.6) is 0 Å². The highest BCUT2D eigenvalue weighted by molar-refractivity contribution is 6.12. The van der Waals surface area contributed by atoms with Crippen molar-refractivity contribution in [1.29, 1.82) is 0 Å². The summed E-state index contributed by atoms with van der Waals surface area (Å²) in [6.45, 7) is 4.35. The minimum atomic E-state index is 0.599. The number of fused-ring (bicyclic) bond motifs is 6. The zero-order valence-corrected chi connectivity index (χ0v) is 35.4. The third-order valence-corrected chi connectivity index (χ3v) is 12.6. The molecule has 64 heavy (non-hydrogen) atoms. The molecule has 0 amide bonds. The summed E-state index contributed by atoms with van der Waals surface area (Å²) in [5, 5.41) is 4.81. The second kappa shape index (κ2) is 15.2. The van der Waals surface area contributed by atoms with E-state index in [1.165, 1.54) is 49.3 Å². The average molecular weight is 820 g/mol. The number of nitrogens with zero attached hydrogens (tertiary/aromatic N) is 5. The molecule has 0 saturated heterocycles. The van der Waals surface area contributed by atoms with Crippen molar-refractivity contribution in [2.24, 2.45) is 0 Å². The smallest absolute Gasteiger partial charge is 0.166 e. The zero-order valence-electron chi connectivity index (χ0n) is 35.4. The van der Waals surface area contributed by atoms with Crippen molar-refractivity contribution in [3.63, 3.8) is 0 Å².